The van der Waals surface area contributed by atoms with Crippen LogP contribution in [0.3, 0.4) is 0 Å². The molecular weight excluding hydrogens is 686 g/mol. The lowest BCUT2D eigenvalue weighted by molar-refractivity contribution is 0.174. The highest BCUT2D eigenvalue weighted by molar-refractivity contribution is 9.13. The number of aromatic nitrogens is 2. The normalized spacial score (nSPS) is 12.4. The van der Waals surface area contributed by atoms with Gasteiger partial charge in [-0.1, -0.05) is 28.9 Å². The zero-order valence-electron chi connectivity index (χ0n) is 20.5. The molecule has 1 aliphatic rings. The molecule has 0 saturated carbocycles. The molecule has 8 nitrogen and oxygen atoms in total. The Kier molecular flexibility index (Phi) is 8.06. The molecule has 0 fully saturated rings. The van der Waals surface area contributed by atoms with E-state index in [-0.39, 0.29) is 12.4 Å². The highest BCUT2D eigenvalue weighted by Crippen LogP contribution is 2.43. The van der Waals surface area contributed by atoms with E-state index in [2.05, 4.69) is 57.9 Å². The van der Waals surface area contributed by atoms with Crippen molar-refractivity contribution in [1.82, 2.24) is 9.66 Å². The van der Waals surface area contributed by atoms with Gasteiger partial charge < -0.3 is 18.9 Å². The van der Waals surface area contributed by atoms with Crippen molar-refractivity contribution in [2.75, 3.05) is 13.9 Å². The average Bonchev–Trinajstić information content (AvgIpc) is 3.38. The van der Waals surface area contributed by atoms with Gasteiger partial charge in [-0.2, -0.15) is 9.78 Å². The van der Waals surface area contributed by atoms with E-state index in [9.17, 15) is 4.79 Å². The maximum atomic E-state index is 13.3. The Balaban J connectivity index is 1.47. The number of fused-ring (bicyclic) bond motifs is 2. The van der Waals surface area contributed by atoms with Crippen molar-refractivity contribution in [3.8, 4) is 23.0 Å². The van der Waals surface area contributed by atoms with Crippen molar-refractivity contribution in [3.63, 3.8) is 0 Å². The van der Waals surface area contributed by atoms with Crippen molar-refractivity contribution in [1.29, 1.82) is 0 Å². The van der Waals surface area contributed by atoms with Crippen LogP contribution in [0.1, 0.15) is 30.3 Å². The van der Waals surface area contributed by atoms with Gasteiger partial charge in [-0.3, -0.25) is 4.79 Å². The molecule has 1 aliphatic heterocycles. The first kappa shape index (κ1) is 26.7. The van der Waals surface area contributed by atoms with E-state index in [1.807, 2.05) is 37.3 Å². The summed E-state index contributed by atoms with van der Waals surface area (Å²) in [6, 6.07) is 12.9. The molecule has 1 aromatic heterocycles. The zero-order valence-corrected chi connectivity index (χ0v) is 25.2. The van der Waals surface area contributed by atoms with Crippen molar-refractivity contribution in [3.05, 3.63) is 83.2 Å². The van der Waals surface area contributed by atoms with Gasteiger partial charge in [0.15, 0.2) is 23.0 Å². The van der Waals surface area contributed by atoms with Crippen molar-refractivity contribution >= 4 is 64.9 Å². The summed E-state index contributed by atoms with van der Waals surface area (Å²) < 4.78 is 26.1. The number of hydrogen-bond acceptors (Lipinski definition) is 7. The monoisotopic (exact) mass is 705 g/mol. The molecule has 2 heterocycles. The van der Waals surface area contributed by atoms with Crippen LogP contribution in [0.4, 0.5) is 0 Å². The standard InChI is InChI=1S/C27H22Br3N3O5/c1-3-4-23-32-19-7-6-17(28)11-18(19)27(34)33(23)31-12-16-10-22(35-2)26(25(30)24(16)29)36-13-15-5-8-20-21(9-15)38-14-37-20/h5-12H,3-4,13-14H2,1-2H3. The van der Waals surface area contributed by atoms with E-state index in [1.165, 1.54) is 4.68 Å². The Labute approximate surface area is 244 Å². The Bertz CT molecular complexity index is 1620. The minimum Gasteiger partial charge on any atom is -0.493 e. The molecule has 0 bridgehead atoms. The highest BCUT2D eigenvalue weighted by Gasteiger charge is 2.19. The fourth-order valence-corrected chi connectivity index (χ4v) is 5.29. The van der Waals surface area contributed by atoms with E-state index < -0.39 is 0 Å². The van der Waals surface area contributed by atoms with E-state index in [4.69, 9.17) is 18.9 Å². The Morgan fingerprint density at radius 3 is 2.68 bits per heavy atom. The number of aryl methyl sites for hydroxylation is 1. The summed E-state index contributed by atoms with van der Waals surface area (Å²) >= 11 is 10.7. The van der Waals surface area contributed by atoms with E-state index in [0.29, 0.717) is 67.3 Å². The van der Waals surface area contributed by atoms with Crippen molar-refractivity contribution in [2.24, 2.45) is 5.10 Å². The first-order valence-electron chi connectivity index (χ1n) is 11.7. The third-order valence-electron chi connectivity index (χ3n) is 5.86. The summed E-state index contributed by atoms with van der Waals surface area (Å²) in [4.78, 5) is 18.0. The minimum absolute atomic E-state index is 0.216. The molecule has 0 aliphatic carbocycles. The number of hydrogen-bond donors (Lipinski definition) is 0. The minimum atomic E-state index is -0.234. The summed E-state index contributed by atoms with van der Waals surface area (Å²) in [6.07, 6.45) is 3.03. The lowest BCUT2D eigenvalue weighted by Crippen LogP contribution is -2.22. The molecule has 4 aromatic rings. The van der Waals surface area contributed by atoms with Gasteiger partial charge in [-0.25, -0.2) is 4.98 Å². The van der Waals surface area contributed by atoms with Crippen LogP contribution in [0.25, 0.3) is 10.9 Å². The molecule has 5 rings (SSSR count). The Morgan fingerprint density at radius 2 is 1.89 bits per heavy atom. The van der Waals surface area contributed by atoms with Crippen LogP contribution >= 0.6 is 47.8 Å². The molecule has 0 amide bonds. The number of halogens is 3. The lowest BCUT2D eigenvalue weighted by Gasteiger charge is -2.15. The van der Waals surface area contributed by atoms with Gasteiger partial charge in [0.25, 0.3) is 5.56 Å². The van der Waals surface area contributed by atoms with Crippen LogP contribution < -0.4 is 24.5 Å². The fourth-order valence-electron chi connectivity index (χ4n) is 3.99. The SMILES string of the molecule is CCCc1nc2ccc(Br)cc2c(=O)n1N=Cc1cc(OC)c(OCc2ccc3c(c2)OCO3)c(Br)c1Br. The molecule has 196 valence electrons. The third kappa shape index (κ3) is 5.32. The van der Waals surface area contributed by atoms with Crippen LogP contribution in [0.5, 0.6) is 23.0 Å². The molecule has 0 saturated heterocycles. The van der Waals surface area contributed by atoms with Crippen LogP contribution in [-0.4, -0.2) is 29.8 Å². The van der Waals surface area contributed by atoms with Crippen LogP contribution in [0, 0.1) is 0 Å². The predicted octanol–water partition coefficient (Wildman–Crippen LogP) is 6.84. The van der Waals surface area contributed by atoms with Gasteiger partial charge in [-0.05, 0) is 80.2 Å². The first-order valence-corrected chi connectivity index (χ1v) is 14.1. The lowest BCUT2D eigenvalue weighted by atomic mass is 10.2. The van der Waals surface area contributed by atoms with Gasteiger partial charge >= 0.3 is 0 Å². The van der Waals surface area contributed by atoms with Gasteiger partial charge in [0.2, 0.25) is 6.79 Å². The maximum Gasteiger partial charge on any atom is 0.282 e. The number of rotatable bonds is 8. The summed E-state index contributed by atoms with van der Waals surface area (Å²) in [5.41, 5.74) is 2.01. The summed E-state index contributed by atoms with van der Waals surface area (Å²) in [6.45, 7) is 2.54. The summed E-state index contributed by atoms with van der Waals surface area (Å²) in [7, 11) is 1.57. The van der Waals surface area contributed by atoms with Gasteiger partial charge in [0.1, 0.15) is 12.4 Å². The largest absolute Gasteiger partial charge is 0.493 e. The maximum absolute atomic E-state index is 13.3. The van der Waals surface area contributed by atoms with Crippen LogP contribution in [0.2, 0.25) is 0 Å². The van der Waals surface area contributed by atoms with E-state index in [0.717, 1.165) is 16.5 Å². The van der Waals surface area contributed by atoms with Crippen LogP contribution in [0.15, 0.2) is 65.8 Å². The predicted molar refractivity (Wildman–Crippen MR) is 156 cm³/mol. The Morgan fingerprint density at radius 1 is 1.08 bits per heavy atom. The first-order chi connectivity index (χ1) is 18.4. The molecule has 0 atom stereocenters. The second kappa shape index (κ2) is 11.5. The fraction of sp³-hybridized carbons (Fsp3) is 0.222. The molecule has 0 radical (unpaired) electrons. The third-order valence-corrected chi connectivity index (χ3v) is 8.49. The summed E-state index contributed by atoms with van der Waals surface area (Å²) in [5.74, 6) is 3.03. The van der Waals surface area contributed by atoms with E-state index in [1.54, 1.807) is 25.5 Å². The average molecular weight is 708 g/mol. The van der Waals surface area contributed by atoms with E-state index >= 15 is 0 Å². The molecule has 0 unspecified atom stereocenters. The topological polar surface area (TPSA) is 84.2 Å². The van der Waals surface area contributed by atoms with Crippen molar-refractivity contribution in [2.45, 2.75) is 26.4 Å². The van der Waals surface area contributed by atoms with Gasteiger partial charge in [0.05, 0.1) is 28.7 Å². The second-order valence-corrected chi connectivity index (χ2v) is 10.9. The van der Waals surface area contributed by atoms with Gasteiger partial charge in [-0.15, -0.1) is 0 Å². The highest BCUT2D eigenvalue weighted by atomic mass is 79.9. The van der Waals surface area contributed by atoms with Gasteiger partial charge in [0, 0.05) is 20.9 Å². The summed E-state index contributed by atoms with van der Waals surface area (Å²) in [5, 5.41) is 5.02. The number of benzene rings is 3. The van der Waals surface area contributed by atoms with Crippen molar-refractivity contribution < 1.29 is 18.9 Å². The quantitative estimate of drug-likeness (QED) is 0.187. The molecule has 38 heavy (non-hydrogen) atoms. The second-order valence-electron chi connectivity index (χ2n) is 8.40. The Hall–Kier alpha value is -2.89. The molecule has 0 N–H and O–H groups in total. The molecule has 11 heteroatoms. The molecule has 3 aromatic carbocycles. The smallest absolute Gasteiger partial charge is 0.282 e. The molecular formula is C27H22Br3N3O5. The number of ether oxygens (including phenoxy) is 4. The number of nitrogens with zero attached hydrogens (tertiary/aromatic N) is 3. The zero-order chi connectivity index (χ0) is 26.8. The van der Waals surface area contributed by atoms with Crippen LogP contribution in [-0.2, 0) is 13.0 Å². The molecule has 0 spiro atoms. The number of methoxy groups -OCH3 is 1.